The monoisotopic (exact) mass is 320 g/mol. The topological polar surface area (TPSA) is 80.7 Å². The molecule has 0 aliphatic rings. The molecule has 0 heterocycles. The highest BCUT2D eigenvalue weighted by Gasteiger charge is 2.19. The fraction of sp³-hybridized carbons (Fsp3) is 0.188. The molecule has 0 aliphatic carbocycles. The summed E-state index contributed by atoms with van der Waals surface area (Å²) in [4.78, 5) is 11.8. The zero-order chi connectivity index (χ0) is 16.2. The number of hydrogen-bond acceptors (Lipinski definition) is 5. The van der Waals surface area contributed by atoms with Gasteiger partial charge >= 0.3 is 5.97 Å². The van der Waals surface area contributed by atoms with Crippen LogP contribution in [0.15, 0.2) is 58.3 Å². The van der Waals surface area contributed by atoms with Crippen molar-refractivity contribution in [1.82, 2.24) is 0 Å². The maximum Gasteiger partial charge on any atom is 0.338 e. The van der Waals surface area contributed by atoms with Crippen LogP contribution in [0, 0.1) is 0 Å². The van der Waals surface area contributed by atoms with Crippen molar-refractivity contribution in [1.29, 1.82) is 0 Å². The lowest BCUT2D eigenvalue weighted by molar-refractivity contribution is 0.0526. The maximum atomic E-state index is 12.6. The van der Waals surface area contributed by atoms with Crippen molar-refractivity contribution in [2.24, 2.45) is 0 Å². The van der Waals surface area contributed by atoms with Gasteiger partial charge in [0.2, 0.25) is 9.84 Å². The molecule has 2 aromatic rings. The van der Waals surface area contributed by atoms with Crippen molar-refractivity contribution in [2.45, 2.75) is 23.3 Å². The van der Waals surface area contributed by atoms with Gasteiger partial charge in [-0.2, -0.15) is 0 Å². The lowest BCUT2D eigenvalue weighted by Gasteiger charge is -2.07. The van der Waals surface area contributed by atoms with E-state index in [4.69, 9.17) is 9.84 Å². The summed E-state index contributed by atoms with van der Waals surface area (Å²) >= 11 is 0. The number of carbonyl (C=O) groups is 1. The van der Waals surface area contributed by atoms with Crippen LogP contribution in [-0.4, -0.2) is 26.1 Å². The average molecular weight is 320 g/mol. The Kier molecular flexibility index (Phi) is 4.95. The maximum absolute atomic E-state index is 12.6. The Morgan fingerprint density at radius 1 is 1.09 bits per heavy atom. The Bertz CT molecular complexity index is 763. The van der Waals surface area contributed by atoms with E-state index >= 15 is 0 Å². The molecule has 0 aliphatic heterocycles. The second-order valence-electron chi connectivity index (χ2n) is 4.55. The molecule has 0 bridgehead atoms. The van der Waals surface area contributed by atoms with E-state index in [2.05, 4.69) is 0 Å². The van der Waals surface area contributed by atoms with Gasteiger partial charge in [-0.05, 0) is 42.8 Å². The lowest BCUT2D eigenvalue weighted by Crippen LogP contribution is -2.07. The van der Waals surface area contributed by atoms with Crippen molar-refractivity contribution >= 4 is 15.8 Å². The number of sulfone groups is 1. The molecular formula is C16H16O5S. The van der Waals surface area contributed by atoms with E-state index in [-0.39, 0.29) is 28.6 Å². The molecule has 1 N–H and O–H groups in total. The molecule has 5 nitrogen and oxygen atoms in total. The molecule has 0 saturated heterocycles. The molecule has 0 saturated carbocycles. The van der Waals surface area contributed by atoms with Crippen LogP contribution < -0.4 is 0 Å². The van der Waals surface area contributed by atoms with Crippen molar-refractivity contribution in [3.05, 3.63) is 59.7 Å². The highest BCUT2D eigenvalue weighted by atomic mass is 32.2. The fourth-order valence-corrected chi connectivity index (χ4v) is 3.22. The van der Waals surface area contributed by atoms with Crippen LogP contribution in [0.4, 0.5) is 0 Å². The van der Waals surface area contributed by atoms with Gasteiger partial charge in [0.15, 0.2) is 0 Å². The van der Waals surface area contributed by atoms with E-state index < -0.39 is 15.8 Å². The summed E-state index contributed by atoms with van der Waals surface area (Å²) in [5.74, 6) is -0.560. The zero-order valence-electron chi connectivity index (χ0n) is 12.0. The molecule has 2 rings (SSSR count). The van der Waals surface area contributed by atoms with Gasteiger partial charge in [0.25, 0.3) is 0 Å². The average Bonchev–Trinajstić information content (AvgIpc) is 2.55. The summed E-state index contributed by atoms with van der Waals surface area (Å²) in [6.07, 6.45) is 0. The number of rotatable bonds is 5. The summed E-state index contributed by atoms with van der Waals surface area (Å²) in [5, 5.41) is 9.00. The molecule has 2 aromatic carbocycles. The Hall–Kier alpha value is -2.18. The molecule has 22 heavy (non-hydrogen) atoms. The van der Waals surface area contributed by atoms with E-state index in [1.807, 2.05) is 0 Å². The number of hydrogen-bond donors (Lipinski definition) is 1. The number of aliphatic hydroxyl groups excluding tert-OH is 1. The van der Waals surface area contributed by atoms with Crippen molar-refractivity contribution in [3.63, 3.8) is 0 Å². The number of carbonyl (C=O) groups excluding carboxylic acids is 1. The van der Waals surface area contributed by atoms with Gasteiger partial charge < -0.3 is 9.84 Å². The fourth-order valence-electron chi connectivity index (χ4n) is 1.91. The first-order valence-corrected chi connectivity index (χ1v) is 8.19. The summed E-state index contributed by atoms with van der Waals surface area (Å²) in [6, 6.07) is 11.7. The Morgan fingerprint density at radius 2 is 1.77 bits per heavy atom. The predicted octanol–water partition coefficient (Wildman–Crippen LogP) is 2.19. The summed E-state index contributed by atoms with van der Waals surface area (Å²) in [5.41, 5.74) is 0.814. The largest absolute Gasteiger partial charge is 0.462 e. The lowest BCUT2D eigenvalue weighted by atomic mass is 10.2. The molecule has 0 fully saturated rings. The van der Waals surface area contributed by atoms with Gasteiger partial charge in [-0.3, -0.25) is 0 Å². The van der Waals surface area contributed by atoms with Gasteiger partial charge in [0.1, 0.15) is 0 Å². The van der Waals surface area contributed by atoms with Crippen LogP contribution in [0.5, 0.6) is 0 Å². The third-order valence-corrected chi connectivity index (χ3v) is 4.84. The minimum atomic E-state index is -3.72. The predicted molar refractivity (Wildman–Crippen MR) is 80.2 cm³/mol. The van der Waals surface area contributed by atoms with Crippen molar-refractivity contribution in [3.8, 4) is 0 Å². The Labute approximate surface area is 129 Å². The number of benzene rings is 2. The van der Waals surface area contributed by atoms with Crippen LogP contribution >= 0.6 is 0 Å². The third kappa shape index (κ3) is 3.35. The smallest absolute Gasteiger partial charge is 0.338 e. The van der Waals surface area contributed by atoms with Crippen LogP contribution in [0.25, 0.3) is 0 Å². The van der Waals surface area contributed by atoms with Gasteiger partial charge in [-0.15, -0.1) is 0 Å². The van der Waals surface area contributed by atoms with Crippen LogP contribution in [-0.2, 0) is 21.2 Å². The molecule has 6 heteroatoms. The first-order valence-electron chi connectivity index (χ1n) is 6.71. The van der Waals surface area contributed by atoms with Gasteiger partial charge in [0, 0.05) is 0 Å². The van der Waals surface area contributed by atoms with E-state index in [0.717, 1.165) is 0 Å². The molecule has 0 spiro atoms. The van der Waals surface area contributed by atoms with E-state index in [0.29, 0.717) is 5.56 Å². The first-order chi connectivity index (χ1) is 10.5. The summed E-state index contributed by atoms with van der Waals surface area (Å²) in [7, 11) is -3.72. The molecule has 0 amide bonds. The van der Waals surface area contributed by atoms with Crippen LogP contribution in [0.3, 0.4) is 0 Å². The molecule has 0 atom stereocenters. The molecular weight excluding hydrogens is 304 g/mol. The molecule has 0 unspecified atom stereocenters. The van der Waals surface area contributed by atoms with Gasteiger partial charge in [-0.25, -0.2) is 13.2 Å². The highest BCUT2D eigenvalue weighted by Crippen LogP contribution is 2.22. The Morgan fingerprint density at radius 3 is 2.36 bits per heavy atom. The van der Waals surface area contributed by atoms with E-state index in [9.17, 15) is 13.2 Å². The van der Waals surface area contributed by atoms with Gasteiger partial charge in [0.05, 0.1) is 28.6 Å². The normalized spacial score (nSPS) is 11.2. The molecule has 0 radical (unpaired) electrons. The van der Waals surface area contributed by atoms with Crippen LogP contribution in [0.2, 0.25) is 0 Å². The van der Waals surface area contributed by atoms with Crippen molar-refractivity contribution < 1.29 is 23.1 Å². The number of aliphatic hydroxyl groups is 1. The second-order valence-corrected chi connectivity index (χ2v) is 6.50. The first kappa shape index (κ1) is 16.2. The number of ether oxygens (including phenoxy) is 1. The quantitative estimate of drug-likeness (QED) is 0.854. The van der Waals surface area contributed by atoms with Crippen LogP contribution in [0.1, 0.15) is 22.8 Å². The van der Waals surface area contributed by atoms with E-state index in [1.165, 1.54) is 36.4 Å². The number of esters is 1. The van der Waals surface area contributed by atoms with E-state index in [1.54, 1.807) is 19.1 Å². The summed E-state index contributed by atoms with van der Waals surface area (Å²) < 4.78 is 30.0. The molecule has 116 valence electrons. The Balaban J connectivity index is 2.40. The van der Waals surface area contributed by atoms with Gasteiger partial charge in [-0.1, -0.05) is 18.2 Å². The minimum absolute atomic E-state index is 0.0230. The second kappa shape index (κ2) is 6.72. The van der Waals surface area contributed by atoms with Crippen molar-refractivity contribution in [2.75, 3.05) is 6.61 Å². The standard InChI is InChI=1S/C16H16O5S/c1-2-21-16(18)13-4-3-5-15(10-13)22(19,20)14-8-6-12(11-17)7-9-14/h3-10,17H,2,11H2,1H3. The molecule has 0 aromatic heterocycles. The SMILES string of the molecule is CCOC(=O)c1cccc(S(=O)(=O)c2ccc(CO)cc2)c1. The highest BCUT2D eigenvalue weighted by molar-refractivity contribution is 7.91. The third-order valence-electron chi connectivity index (χ3n) is 3.07. The minimum Gasteiger partial charge on any atom is -0.462 e. The summed E-state index contributed by atoms with van der Waals surface area (Å²) in [6.45, 7) is 1.75. The zero-order valence-corrected chi connectivity index (χ0v) is 12.8.